The number of hydrogen-bond donors (Lipinski definition) is 3. The fraction of sp³-hybridized carbons (Fsp3) is 0.676. The van der Waals surface area contributed by atoms with Crippen LogP contribution >= 0.6 is 22.6 Å². The Balaban J connectivity index is 1.93. The number of aliphatic hydroxyl groups is 2. The summed E-state index contributed by atoms with van der Waals surface area (Å²) in [5.41, 5.74) is 0.713. The Hall–Kier alpha value is -2.26. The molecule has 1 aromatic rings. The molecule has 0 bridgehead atoms. The van der Waals surface area contributed by atoms with Crippen molar-refractivity contribution >= 4 is 40.7 Å². The topological polar surface area (TPSA) is 144 Å². The molecule has 0 unspecified atom stereocenters. The van der Waals surface area contributed by atoms with Gasteiger partial charge in [0.1, 0.15) is 25.1 Å². The van der Waals surface area contributed by atoms with Crippen LogP contribution in [-0.2, 0) is 19.1 Å². The molecule has 3 N–H and O–H groups in total. The SMILES string of the molecule is CCOCCCN(C(=O)CO[C@H]1C[C@@H](C)CC[C@@H]1C(C)C)[C@@H]1CC(C(=O)NCCO)=C[C@H](Oc2c(I)cc(C=O)cc2OC)[C@H]1O. The van der Waals surface area contributed by atoms with Crippen LogP contribution in [-0.4, -0.2) is 104 Å². The third-order valence-corrected chi connectivity index (χ3v) is 9.65. The van der Waals surface area contributed by atoms with E-state index in [0.717, 1.165) is 19.3 Å². The Morgan fingerprint density at radius 3 is 2.65 bits per heavy atom. The lowest BCUT2D eigenvalue weighted by atomic mass is 9.75. The Labute approximate surface area is 286 Å². The third-order valence-electron chi connectivity index (χ3n) is 8.85. The lowest BCUT2D eigenvalue weighted by Crippen LogP contribution is -2.56. The Bertz CT molecular complexity index is 1190. The Kier molecular flexibility index (Phi) is 15.7. The molecule has 0 spiro atoms. The molecule has 6 atom stereocenters. The number of amides is 2. The van der Waals surface area contributed by atoms with Crippen molar-refractivity contribution in [1.82, 2.24) is 10.2 Å². The molecule has 0 saturated heterocycles. The van der Waals surface area contributed by atoms with Crippen molar-refractivity contribution in [2.45, 2.75) is 84.2 Å². The Morgan fingerprint density at radius 1 is 1.24 bits per heavy atom. The lowest BCUT2D eigenvalue weighted by Gasteiger charge is -2.41. The van der Waals surface area contributed by atoms with E-state index >= 15 is 0 Å². The van der Waals surface area contributed by atoms with E-state index < -0.39 is 24.2 Å². The summed E-state index contributed by atoms with van der Waals surface area (Å²) < 4.78 is 24.3. The van der Waals surface area contributed by atoms with Crippen LogP contribution in [0.1, 0.15) is 70.2 Å². The number of nitrogens with zero attached hydrogens (tertiary/aromatic N) is 1. The van der Waals surface area contributed by atoms with Crippen molar-refractivity contribution in [3.63, 3.8) is 0 Å². The average Bonchev–Trinajstić information content (AvgIpc) is 3.04. The van der Waals surface area contributed by atoms with Gasteiger partial charge in [0.05, 0.1) is 29.4 Å². The van der Waals surface area contributed by atoms with Gasteiger partial charge in [-0.25, -0.2) is 0 Å². The van der Waals surface area contributed by atoms with Gasteiger partial charge >= 0.3 is 0 Å². The maximum atomic E-state index is 14.0. The first kappa shape index (κ1) is 38.2. The van der Waals surface area contributed by atoms with Crippen molar-refractivity contribution in [3.8, 4) is 11.5 Å². The molecule has 0 radical (unpaired) electrons. The van der Waals surface area contributed by atoms with Crippen LogP contribution < -0.4 is 14.8 Å². The van der Waals surface area contributed by atoms with Crippen LogP contribution in [0.5, 0.6) is 11.5 Å². The molecule has 0 aliphatic heterocycles. The van der Waals surface area contributed by atoms with Gasteiger partial charge in [0.25, 0.3) is 0 Å². The molecule has 1 saturated carbocycles. The predicted molar refractivity (Wildman–Crippen MR) is 182 cm³/mol. The normalized spacial score (nSPS) is 24.7. The monoisotopic (exact) mass is 758 g/mol. The summed E-state index contributed by atoms with van der Waals surface area (Å²) in [5.74, 6) is 1.20. The first-order valence-corrected chi connectivity index (χ1v) is 17.4. The molecular weight excluding hydrogens is 707 g/mol. The third kappa shape index (κ3) is 10.4. The molecule has 12 heteroatoms. The van der Waals surface area contributed by atoms with Crippen molar-refractivity contribution in [2.75, 3.05) is 46.6 Å². The number of rotatable bonds is 17. The maximum Gasteiger partial charge on any atom is 0.248 e. The van der Waals surface area contributed by atoms with Crippen molar-refractivity contribution in [1.29, 1.82) is 0 Å². The molecule has 1 aromatic carbocycles. The minimum Gasteiger partial charge on any atom is -0.493 e. The molecule has 2 amide bonds. The van der Waals surface area contributed by atoms with E-state index in [1.165, 1.54) is 13.2 Å². The summed E-state index contributed by atoms with van der Waals surface area (Å²) in [6, 6.07) is 2.35. The summed E-state index contributed by atoms with van der Waals surface area (Å²) in [5, 5.41) is 23.8. The zero-order chi connectivity index (χ0) is 33.8. The van der Waals surface area contributed by atoms with Crippen LogP contribution in [0.25, 0.3) is 0 Å². The van der Waals surface area contributed by atoms with Gasteiger partial charge in [-0.1, -0.05) is 27.2 Å². The molecule has 2 aliphatic rings. The largest absolute Gasteiger partial charge is 0.493 e. The fourth-order valence-corrected chi connectivity index (χ4v) is 7.11. The quantitative estimate of drug-likeness (QED) is 0.123. The number of aldehydes is 1. The standard InChI is InChI=1S/C34H51IN2O9/c1-6-44-13-7-11-37(31(40)20-45-28-14-22(4)8-9-25(28)21(2)3)27-17-24(34(42)36-10-12-38)18-29(32(27)41)46-33-26(35)15-23(19-39)16-30(33)43-5/h15-16,18-19,21-22,25,27-29,32,38,41H,6-14,17,20H2,1-5H3,(H,36,42)/t22-,25+,27+,28-,29-,32-/m0/s1. The highest BCUT2D eigenvalue weighted by Crippen LogP contribution is 2.38. The highest BCUT2D eigenvalue weighted by atomic mass is 127. The molecule has 0 heterocycles. The van der Waals surface area contributed by atoms with Gasteiger partial charge in [-0.3, -0.25) is 14.4 Å². The van der Waals surface area contributed by atoms with E-state index in [1.807, 2.05) is 29.5 Å². The number of carbonyl (C=O) groups is 3. The molecule has 11 nitrogen and oxygen atoms in total. The second-order valence-electron chi connectivity index (χ2n) is 12.5. The van der Waals surface area contributed by atoms with Crippen molar-refractivity contribution in [2.24, 2.45) is 17.8 Å². The number of nitrogens with one attached hydrogen (secondary N) is 1. The van der Waals surface area contributed by atoms with Crippen LogP contribution in [0.3, 0.4) is 0 Å². The van der Waals surface area contributed by atoms with Gasteiger partial charge in [-0.05, 0) is 84.7 Å². The summed E-state index contributed by atoms with van der Waals surface area (Å²) in [7, 11) is 1.45. The maximum absolute atomic E-state index is 14.0. The van der Waals surface area contributed by atoms with Crippen LogP contribution in [0.4, 0.5) is 0 Å². The number of halogens is 1. The highest BCUT2D eigenvalue weighted by molar-refractivity contribution is 14.1. The van der Waals surface area contributed by atoms with Crippen molar-refractivity contribution < 1.29 is 43.5 Å². The summed E-state index contributed by atoms with van der Waals surface area (Å²) in [6.07, 6.45) is 3.67. The van der Waals surface area contributed by atoms with E-state index in [1.54, 1.807) is 17.0 Å². The minimum atomic E-state index is -1.21. The molecule has 46 heavy (non-hydrogen) atoms. The second-order valence-corrected chi connectivity index (χ2v) is 13.6. The molecular formula is C34H51IN2O9. The molecule has 0 aromatic heterocycles. The van der Waals surface area contributed by atoms with Gasteiger partial charge in [0.15, 0.2) is 11.5 Å². The molecule has 258 valence electrons. The zero-order valence-corrected chi connectivity index (χ0v) is 29.9. The number of benzene rings is 1. The first-order chi connectivity index (χ1) is 22.0. The van der Waals surface area contributed by atoms with E-state index in [9.17, 15) is 24.6 Å². The van der Waals surface area contributed by atoms with Gasteiger partial charge < -0.3 is 39.4 Å². The lowest BCUT2D eigenvalue weighted by molar-refractivity contribution is -0.148. The second kappa shape index (κ2) is 18.9. The Morgan fingerprint density at radius 2 is 2.00 bits per heavy atom. The van der Waals surface area contributed by atoms with Gasteiger partial charge in [-0.2, -0.15) is 0 Å². The first-order valence-electron chi connectivity index (χ1n) is 16.3. The van der Waals surface area contributed by atoms with E-state index in [2.05, 4.69) is 26.1 Å². The average molecular weight is 759 g/mol. The number of hydrogen-bond acceptors (Lipinski definition) is 9. The van der Waals surface area contributed by atoms with Crippen molar-refractivity contribution in [3.05, 3.63) is 32.9 Å². The van der Waals surface area contributed by atoms with Gasteiger partial charge in [0, 0.05) is 43.9 Å². The smallest absolute Gasteiger partial charge is 0.248 e. The van der Waals surface area contributed by atoms with Gasteiger partial charge in [-0.15, -0.1) is 0 Å². The van der Waals surface area contributed by atoms with Crippen LogP contribution in [0.15, 0.2) is 23.8 Å². The van der Waals surface area contributed by atoms with Crippen LogP contribution in [0.2, 0.25) is 0 Å². The van der Waals surface area contributed by atoms with Crippen LogP contribution in [0, 0.1) is 21.3 Å². The zero-order valence-electron chi connectivity index (χ0n) is 27.7. The summed E-state index contributed by atoms with van der Waals surface area (Å²) >= 11 is 2.03. The minimum absolute atomic E-state index is 0.0334. The number of carbonyl (C=O) groups excluding carboxylic acids is 3. The van der Waals surface area contributed by atoms with E-state index in [4.69, 9.17) is 18.9 Å². The van der Waals surface area contributed by atoms with E-state index in [0.29, 0.717) is 69.9 Å². The predicted octanol–water partition coefficient (Wildman–Crippen LogP) is 3.76. The molecule has 2 aliphatic carbocycles. The molecule has 1 fully saturated rings. The number of ether oxygens (including phenoxy) is 4. The summed E-state index contributed by atoms with van der Waals surface area (Å²) in [4.78, 5) is 40.2. The van der Waals surface area contributed by atoms with E-state index in [-0.39, 0.29) is 44.7 Å². The fourth-order valence-electron chi connectivity index (χ4n) is 6.36. The number of aliphatic hydroxyl groups excluding tert-OH is 2. The van der Waals surface area contributed by atoms with Gasteiger partial charge in [0.2, 0.25) is 11.8 Å². The molecule has 3 rings (SSSR count). The summed E-state index contributed by atoms with van der Waals surface area (Å²) in [6.45, 7) is 9.42. The number of methoxy groups -OCH3 is 1. The highest BCUT2D eigenvalue weighted by Gasteiger charge is 2.41.